The monoisotopic (exact) mass is 167 g/mol. The number of oxazole rings is 1. The Morgan fingerprint density at radius 3 is 2.60 bits per heavy atom. The molecule has 0 amide bonds. The van der Waals surface area contributed by atoms with E-state index in [1.54, 1.807) is 0 Å². The first-order chi connectivity index (χ1) is 4.58. The molecule has 1 aromatic rings. The summed E-state index contributed by atoms with van der Waals surface area (Å²) in [6, 6.07) is 0. The van der Waals surface area contributed by atoms with Crippen LogP contribution in [0.4, 0.5) is 0 Å². The Morgan fingerprint density at radius 2 is 2.20 bits per heavy atom. The third-order valence-electron chi connectivity index (χ3n) is 0.570. The standard InChI is InChI=1S/C3H2ClNO5/c6-4(7,8)10-3-5-1-2-9-3/h1-2H. The summed E-state index contributed by atoms with van der Waals surface area (Å²) in [6.07, 6.45) is 1.64. The van der Waals surface area contributed by atoms with Crippen molar-refractivity contribution < 1.29 is 32.9 Å². The molecule has 7 heteroatoms. The van der Waals surface area contributed by atoms with E-state index in [1.165, 1.54) is 0 Å². The van der Waals surface area contributed by atoms with Gasteiger partial charge in [-0.25, -0.2) is 0 Å². The molecule has 0 atom stereocenters. The Hall–Kier alpha value is -0.820. The molecule has 1 rings (SSSR count). The topological polar surface area (TPSA) is 104 Å². The van der Waals surface area contributed by atoms with Crippen LogP contribution in [0.1, 0.15) is 0 Å². The number of aromatic nitrogens is 1. The molecule has 0 aliphatic heterocycles. The van der Waals surface area contributed by atoms with E-state index >= 15 is 0 Å². The SMILES string of the molecule is [O-][Cl+3]([O-])([O-])Oc1ncco1. The fraction of sp³-hybridized carbons (Fsp3) is 0. The fourth-order valence-corrected chi connectivity index (χ4v) is 0.567. The van der Waals surface area contributed by atoms with E-state index in [2.05, 4.69) is 13.7 Å². The van der Waals surface area contributed by atoms with Crippen LogP contribution in [0.25, 0.3) is 0 Å². The summed E-state index contributed by atoms with van der Waals surface area (Å²) in [4.78, 5) is 3.23. The molecular formula is C3H2ClNO5. The van der Waals surface area contributed by atoms with E-state index < -0.39 is 16.3 Å². The Morgan fingerprint density at radius 1 is 1.50 bits per heavy atom. The zero-order valence-electron chi connectivity index (χ0n) is 4.52. The van der Waals surface area contributed by atoms with Crippen molar-refractivity contribution in [2.24, 2.45) is 0 Å². The van der Waals surface area contributed by atoms with Crippen molar-refractivity contribution in [1.82, 2.24) is 4.98 Å². The summed E-state index contributed by atoms with van der Waals surface area (Å²) in [5, 5.41) is 0. The van der Waals surface area contributed by atoms with Gasteiger partial charge >= 0.3 is 6.08 Å². The number of hydrogen-bond donors (Lipinski definition) is 0. The Bertz CT molecular complexity index is 191. The molecule has 0 saturated heterocycles. The van der Waals surface area contributed by atoms with E-state index in [4.69, 9.17) is 0 Å². The summed E-state index contributed by atoms with van der Waals surface area (Å²) in [7, 11) is -4.50. The molecule has 0 spiro atoms. The van der Waals surface area contributed by atoms with Crippen LogP contribution in [0.3, 0.4) is 0 Å². The van der Waals surface area contributed by atoms with Crippen molar-refractivity contribution in [2.45, 2.75) is 0 Å². The Kier molecular flexibility index (Phi) is 1.77. The van der Waals surface area contributed by atoms with Crippen molar-refractivity contribution >= 4 is 0 Å². The molecule has 0 saturated carbocycles. The lowest BCUT2D eigenvalue weighted by Gasteiger charge is -2.08. The van der Waals surface area contributed by atoms with E-state index in [9.17, 15) is 14.0 Å². The highest BCUT2D eigenvalue weighted by Crippen LogP contribution is 2.06. The fourth-order valence-electron chi connectivity index (χ4n) is 0.329. The Labute approximate surface area is 57.4 Å². The lowest BCUT2D eigenvalue weighted by molar-refractivity contribution is -1.91. The van der Waals surface area contributed by atoms with Gasteiger partial charge in [-0.05, 0) is 4.29 Å². The molecule has 10 heavy (non-hydrogen) atoms. The van der Waals surface area contributed by atoms with Crippen LogP contribution in [0.5, 0.6) is 6.08 Å². The molecule has 6 nitrogen and oxygen atoms in total. The maximum Gasteiger partial charge on any atom is 0.552 e. The van der Waals surface area contributed by atoms with Crippen molar-refractivity contribution in [2.75, 3.05) is 0 Å². The second kappa shape index (κ2) is 2.43. The highest BCUT2D eigenvalue weighted by Gasteiger charge is 2.23. The lowest BCUT2D eigenvalue weighted by Crippen LogP contribution is -2.63. The number of hydrogen-bond acceptors (Lipinski definition) is 6. The van der Waals surface area contributed by atoms with E-state index in [0.29, 0.717) is 0 Å². The first-order valence-corrected chi connectivity index (χ1v) is 3.31. The van der Waals surface area contributed by atoms with Gasteiger partial charge in [-0.3, -0.25) is 0 Å². The molecule has 0 aliphatic rings. The third kappa shape index (κ3) is 2.19. The van der Waals surface area contributed by atoms with Crippen LogP contribution in [0.2, 0.25) is 0 Å². The minimum atomic E-state index is -4.50. The smallest absolute Gasteiger partial charge is 0.407 e. The van der Waals surface area contributed by atoms with Crippen LogP contribution >= 0.6 is 0 Å². The van der Waals surface area contributed by atoms with Gasteiger partial charge in [0.25, 0.3) is 0 Å². The van der Waals surface area contributed by atoms with Crippen molar-refractivity contribution in [3.05, 3.63) is 12.5 Å². The van der Waals surface area contributed by atoms with E-state index in [-0.39, 0.29) is 0 Å². The van der Waals surface area contributed by atoms with Crippen LogP contribution in [-0.4, -0.2) is 4.98 Å². The minimum absolute atomic E-state index is 0.586. The normalized spacial score (nSPS) is 11.5. The molecule has 1 heterocycles. The molecule has 1 aromatic heterocycles. The molecular weight excluding hydrogens is 165 g/mol. The summed E-state index contributed by atoms with van der Waals surface area (Å²) in [5.41, 5.74) is 0. The zero-order valence-corrected chi connectivity index (χ0v) is 5.28. The maximum atomic E-state index is 9.79. The van der Waals surface area contributed by atoms with Gasteiger partial charge in [0, 0.05) is 0 Å². The van der Waals surface area contributed by atoms with Gasteiger partial charge in [0.15, 0.2) is 0 Å². The summed E-state index contributed by atoms with van der Waals surface area (Å²) >= 11 is 0. The number of halogens is 1. The quantitative estimate of drug-likeness (QED) is 0.464. The minimum Gasteiger partial charge on any atom is -0.407 e. The Balaban J connectivity index is 2.57. The molecule has 0 bridgehead atoms. The van der Waals surface area contributed by atoms with Gasteiger partial charge in [-0.15, -0.1) is 0 Å². The summed E-state index contributed by atoms with van der Waals surface area (Å²) in [6.45, 7) is 0. The summed E-state index contributed by atoms with van der Waals surface area (Å²) in [5.74, 6) is 0. The van der Waals surface area contributed by atoms with Crippen molar-refractivity contribution in [3.63, 3.8) is 0 Å². The number of rotatable bonds is 2. The first-order valence-electron chi connectivity index (χ1n) is 2.08. The van der Waals surface area contributed by atoms with Crippen molar-refractivity contribution in [3.8, 4) is 6.08 Å². The second-order valence-electron chi connectivity index (χ2n) is 1.25. The van der Waals surface area contributed by atoms with Gasteiger partial charge in [0.05, 0.1) is 6.20 Å². The summed E-state index contributed by atoms with van der Waals surface area (Å²) < 4.78 is 37.3. The average molecular weight is 168 g/mol. The molecule has 0 aromatic carbocycles. The molecule has 0 N–H and O–H groups in total. The molecule has 0 fully saturated rings. The van der Waals surface area contributed by atoms with Crippen LogP contribution in [0, 0.1) is 10.2 Å². The van der Waals surface area contributed by atoms with Crippen LogP contribution < -0.4 is 18.3 Å². The molecule has 0 radical (unpaired) electrons. The largest absolute Gasteiger partial charge is 0.552 e. The highest BCUT2D eigenvalue weighted by atomic mass is 35.7. The number of nitrogens with zero attached hydrogens (tertiary/aromatic N) is 1. The van der Waals surface area contributed by atoms with Gasteiger partial charge in [0.2, 0.25) is 0 Å². The zero-order chi connectivity index (χ0) is 7.61. The average Bonchev–Trinajstić information content (AvgIpc) is 2.12. The van der Waals surface area contributed by atoms with Gasteiger partial charge in [-0.2, -0.15) is 19.0 Å². The van der Waals surface area contributed by atoms with E-state index in [1.807, 2.05) is 0 Å². The molecule has 0 unspecified atom stereocenters. The van der Waals surface area contributed by atoms with Gasteiger partial charge < -0.3 is 4.42 Å². The first kappa shape index (κ1) is 7.29. The van der Waals surface area contributed by atoms with Gasteiger partial charge in [0.1, 0.15) is 16.5 Å². The highest BCUT2D eigenvalue weighted by molar-refractivity contribution is 4.81. The van der Waals surface area contributed by atoms with Gasteiger partial charge in [-0.1, -0.05) is 0 Å². The third-order valence-corrected chi connectivity index (χ3v) is 0.891. The maximum absolute atomic E-state index is 9.79. The molecule has 0 aliphatic carbocycles. The molecule has 56 valence electrons. The predicted octanol–water partition coefficient (Wildman–Crippen LogP) is -3.05. The second-order valence-corrected chi connectivity index (χ2v) is 2.16. The lowest BCUT2D eigenvalue weighted by atomic mass is 11.0. The van der Waals surface area contributed by atoms with Crippen molar-refractivity contribution in [1.29, 1.82) is 0 Å². The predicted molar refractivity (Wildman–Crippen MR) is 17.1 cm³/mol. The van der Waals surface area contributed by atoms with Crippen LogP contribution in [0.15, 0.2) is 16.9 Å². The van der Waals surface area contributed by atoms with E-state index in [0.717, 1.165) is 12.5 Å². The van der Waals surface area contributed by atoms with Crippen LogP contribution in [-0.2, 0) is 0 Å².